The smallest absolute Gasteiger partial charge is 0.159 e. The molecule has 3 rings (SSSR count). The zero-order valence-corrected chi connectivity index (χ0v) is 13.0. The maximum atomic E-state index is 5.91. The molecule has 104 valence electrons. The highest BCUT2D eigenvalue weighted by Gasteiger charge is 2.32. The predicted octanol–water partition coefficient (Wildman–Crippen LogP) is 3.79. The monoisotopic (exact) mass is 325 g/mol. The third kappa shape index (κ3) is 2.77. The average molecular weight is 326 g/mol. The summed E-state index contributed by atoms with van der Waals surface area (Å²) in [6.45, 7) is 5.06. The number of ether oxygens (including phenoxy) is 1. The van der Waals surface area contributed by atoms with Crippen LogP contribution in [-0.4, -0.2) is 22.6 Å². The number of aromatic nitrogens is 2. The number of hydrogen-bond acceptors (Lipinski definition) is 4. The molecule has 2 atom stereocenters. The largest absolute Gasteiger partial charge is 0.369 e. The van der Waals surface area contributed by atoms with Crippen LogP contribution in [0.4, 0.5) is 5.82 Å². The fourth-order valence-electron chi connectivity index (χ4n) is 2.53. The lowest BCUT2D eigenvalue weighted by molar-refractivity contribution is 0.0502. The summed E-state index contributed by atoms with van der Waals surface area (Å²) in [4.78, 5) is 9.43. The number of nitrogens with zero attached hydrogens (tertiary/aromatic N) is 2. The van der Waals surface area contributed by atoms with E-state index < -0.39 is 0 Å². The normalized spacial score (nSPS) is 26.7. The molecule has 1 aromatic rings. The average Bonchev–Trinajstić information content (AvgIpc) is 3.14. The van der Waals surface area contributed by atoms with Crippen molar-refractivity contribution in [3.8, 4) is 0 Å². The molecule has 0 aromatic carbocycles. The molecule has 1 saturated carbocycles. The lowest BCUT2D eigenvalue weighted by Gasteiger charge is -2.15. The zero-order chi connectivity index (χ0) is 13.4. The third-order valence-corrected chi connectivity index (χ3v) is 4.50. The van der Waals surface area contributed by atoms with E-state index in [9.17, 15) is 0 Å². The first kappa shape index (κ1) is 13.3. The maximum absolute atomic E-state index is 5.91. The van der Waals surface area contributed by atoms with Crippen LogP contribution in [0.1, 0.15) is 63.1 Å². The van der Waals surface area contributed by atoms with Gasteiger partial charge in [-0.25, -0.2) is 9.97 Å². The summed E-state index contributed by atoms with van der Waals surface area (Å²) >= 11 is 3.65. The lowest BCUT2D eigenvalue weighted by atomic mass is 10.2. The molecule has 0 spiro atoms. The number of nitrogens with one attached hydrogen (secondary N) is 1. The predicted molar refractivity (Wildman–Crippen MR) is 78.4 cm³/mol. The molecule has 2 unspecified atom stereocenters. The Kier molecular flexibility index (Phi) is 3.76. The van der Waals surface area contributed by atoms with Gasteiger partial charge in [-0.1, -0.05) is 0 Å². The highest BCUT2D eigenvalue weighted by Crippen LogP contribution is 2.44. The van der Waals surface area contributed by atoms with E-state index in [0.717, 1.165) is 41.2 Å². The summed E-state index contributed by atoms with van der Waals surface area (Å²) in [5.74, 6) is 2.37. The standard InChI is InChI=1S/C14H20BrN3O/c1-3-16-14-11(15)12(9-5-6-9)17-13(18-14)10-7-4-8(2)19-10/h8-10H,3-7H2,1-2H3,(H,16,17,18). The molecule has 1 aliphatic heterocycles. The molecule has 2 fully saturated rings. The van der Waals surface area contributed by atoms with Crippen molar-refractivity contribution in [2.75, 3.05) is 11.9 Å². The SMILES string of the molecule is CCNc1nc(C2CCC(C)O2)nc(C2CC2)c1Br. The van der Waals surface area contributed by atoms with Crippen LogP contribution in [0.2, 0.25) is 0 Å². The molecule has 5 heteroatoms. The van der Waals surface area contributed by atoms with Crippen molar-refractivity contribution in [2.45, 2.75) is 57.7 Å². The van der Waals surface area contributed by atoms with E-state index in [-0.39, 0.29) is 6.10 Å². The molecule has 1 aliphatic carbocycles. The fraction of sp³-hybridized carbons (Fsp3) is 0.714. The van der Waals surface area contributed by atoms with E-state index >= 15 is 0 Å². The Morgan fingerprint density at radius 1 is 1.26 bits per heavy atom. The molecular weight excluding hydrogens is 306 g/mol. The van der Waals surface area contributed by atoms with Gasteiger partial charge in [-0.05, 0) is 55.5 Å². The minimum absolute atomic E-state index is 0.0676. The van der Waals surface area contributed by atoms with Crippen LogP contribution >= 0.6 is 15.9 Å². The first-order chi connectivity index (χ1) is 9.19. The lowest BCUT2D eigenvalue weighted by Crippen LogP contribution is -2.11. The van der Waals surface area contributed by atoms with E-state index in [1.807, 2.05) is 0 Å². The van der Waals surface area contributed by atoms with Crippen LogP contribution in [0.15, 0.2) is 4.47 Å². The van der Waals surface area contributed by atoms with Crippen LogP contribution in [0.5, 0.6) is 0 Å². The van der Waals surface area contributed by atoms with Gasteiger partial charge in [0.1, 0.15) is 11.9 Å². The fourth-order valence-corrected chi connectivity index (χ4v) is 3.17. The number of anilines is 1. The van der Waals surface area contributed by atoms with Crippen LogP contribution in [-0.2, 0) is 4.74 Å². The Morgan fingerprint density at radius 2 is 2.05 bits per heavy atom. The topological polar surface area (TPSA) is 47.0 Å². The Balaban J connectivity index is 1.94. The molecule has 1 aromatic heterocycles. The van der Waals surface area contributed by atoms with E-state index in [2.05, 4.69) is 40.1 Å². The van der Waals surface area contributed by atoms with Gasteiger partial charge in [-0.2, -0.15) is 0 Å². The minimum Gasteiger partial charge on any atom is -0.369 e. The van der Waals surface area contributed by atoms with Gasteiger partial charge in [0.15, 0.2) is 5.82 Å². The van der Waals surface area contributed by atoms with E-state index in [1.165, 1.54) is 12.8 Å². The quantitative estimate of drug-likeness (QED) is 0.914. The zero-order valence-electron chi connectivity index (χ0n) is 11.4. The number of hydrogen-bond donors (Lipinski definition) is 1. The first-order valence-electron chi connectivity index (χ1n) is 7.15. The molecule has 0 bridgehead atoms. The summed E-state index contributed by atoms with van der Waals surface area (Å²) in [7, 11) is 0. The second-order valence-electron chi connectivity index (χ2n) is 5.45. The van der Waals surface area contributed by atoms with Gasteiger partial charge in [0.25, 0.3) is 0 Å². The molecule has 2 heterocycles. The Morgan fingerprint density at radius 3 is 2.63 bits per heavy atom. The summed E-state index contributed by atoms with van der Waals surface area (Å²) in [6.07, 6.45) is 4.99. The molecule has 2 aliphatic rings. The molecule has 1 saturated heterocycles. The summed E-state index contributed by atoms with van der Waals surface area (Å²) in [6, 6.07) is 0. The van der Waals surface area contributed by atoms with Crippen molar-refractivity contribution in [1.82, 2.24) is 9.97 Å². The van der Waals surface area contributed by atoms with Crippen molar-refractivity contribution in [1.29, 1.82) is 0 Å². The second kappa shape index (κ2) is 5.37. The van der Waals surface area contributed by atoms with Crippen LogP contribution < -0.4 is 5.32 Å². The molecular formula is C14H20BrN3O. The highest BCUT2D eigenvalue weighted by atomic mass is 79.9. The Labute approximate surface area is 122 Å². The van der Waals surface area contributed by atoms with Crippen molar-refractivity contribution in [3.63, 3.8) is 0 Å². The van der Waals surface area contributed by atoms with Gasteiger partial charge in [-0.15, -0.1) is 0 Å². The summed E-state index contributed by atoms with van der Waals surface area (Å²) < 4.78 is 6.94. The second-order valence-corrected chi connectivity index (χ2v) is 6.24. The van der Waals surface area contributed by atoms with Crippen molar-refractivity contribution in [2.24, 2.45) is 0 Å². The van der Waals surface area contributed by atoms with Crippen molar-refractivity contribution in [3.05, 3.63) is 16.0 Å². The molecule has 0 amide bonds. The molecule has 1 N–H and O–H groups in total. The first-order valence-corrected chi connectivity index (χ1v) is 7.95. The van der Waals surface area contributed by atoms with Gasteiger partial charge in [-0.3, -0.25) is 0 Å². The Hall–Kier alpha value is -0.680. The minimum atomic E-state index is 0.0676. The van der Waals surface area contributed by atoms with Gasteiger partial charge < -0.3 is 10.1 Å². The van der Waals surface area contributed by atoms with Crippen LogP contribution in [0.25, 0.3) is 0 Å². The third-order valence-electron chi connectivity index (χ3n) is 3.72. The van der Waals surface area contributed by atoms with E-state index in [0.29, 0.717) is 12.0 Å². The molecule has 0 radical (unpaired) electrons. The van der Waals surface area contributed by atoms with Crippen LogP contribution in [0.3, 0.4) is 0 Å². The molecule has 19 heavy (non-hydrogen) atoms. The summed E-state index contributed by atoms with van der Waals surface area (Å²) in [5.41, 5.74) is 1.16. The maximum Gasteiger partial charge on any atom is 0.159 e. The highest BCUT2D eigenvalue weighted by molar-refractivity contribution is 9.10. The van der Waals surface area contributed by atoms with Crippen molar-refractivity contribution < 1.29 is 4.74 Å². The van der Waals surface area contributed by atoms with Crippen LogP contribution in [0, 0.1) is 0 Å². The van der Waals surface area contributed by atoms with Gasteiger partial charge in [0.2, 0.25) is 0 Å². The van der Waals surface area contributed by atoms with Gasteiger partial charge in [0, 0.05) is 12.5 Å². The molecule has 4 nitrogen and oxygen atoms in total. The number of halogens is 1. The van der Waals surface area contributed by atoms with E-state index in [1.54, 1.807) is 0 Å². The summed E-state index contributed by atoms with van der Waals surface area (Å²) in [5, 5.41) is 3.32. The van der Waals surface area contributed by atoms with E-state index in [4.69, 9.17) is 9.72 Å². The Bertz CT molecular complexity index is 476. The van der Waals surface area contributed by atoms with Crippen molar-refractivity contribution >= 4 is 21.7 Å². The number of rotatable bonds is 4. The van der Waals surface area contributed by atoms with Gasteiger partial charge in [0.05, 0.1) is 16.3 Å². The van der Waals surface area contributed by atoms with Gasteiger partial charge >= 0.3 is 0 Å².